The molecule has 8 heteroatoms. The molecule has 32 heavy (non-hydrogen) atoms. The van der Waals surface area contributed by atoms with Crippen LogP contribution in [0.1, 0.15) is 69.7 Å². The lowest BCUT2D eigenvalue weighted by Gasteiger charge is -2.33. The zero-order valence-electron chi connectivity index (χ0n) is 20.0. The van der Waals surface area contributed by atoms with Crippen molar-refractivity contribution in [3.63, 3.8) is 0 Å². The van der Waals surface area contributed by atoms with Crippen LogP contribution in [0.4, 0.5) is 5.69 Å². The first-order chi connectivity index (χ1) is 15.4. The molecule has 1 amide bonds. The van der Waals surface area contributed by atoms with Crippen molar-refractivity contribution in [1.82, 2.24) is 14.5 Å². The molecule has 7 nitrogen and oxygen atoms in total. The molecular weight excluding hydrogens is 424 g/mol. The molecule has 1 unspecified atom stereocenters. The molecular formula is C24H40N4O3S. The van der Waals surface area contributed by atoms with Gasteiger partial charge in [-0.25, -0.2) is 8.42 Å². The Kier molecular flexibility index (Phi) is 8.96. The molecule has 1 aromatic rings. The lowest BCUT2D eigenvalue weighted by molar-refractivity contribution is 0.0938. The number of likely N-dealkylation sites (N-methyl/N-ethyl adjacent to an activating group) is 1. The molecule has 0 spiro atoms. The number of benzene rings is 1. The van der Waals surface area contributed by atoms with Crippen LogP contribution in [0.5, 0.6) is 0 Å². The van der Waals surface area contributed by atoms with Gasteiger partial charge in [0.15, 0.2) is 0 Å². The van der Waals surface area contributed by atoms with Crippen LogP contribution in [0.2, 0.25) is 0 Å². The number of carbonyl (C=O) groups is 1. The number of nitrogens with one attached hydrogen (secondary N) is 1. The number of hydrogen-bond donors (Lipinski definition) is 1. The first-order valence-corrected chi connectivity index (χ1v) is 13.7. The van der Waals surface area contributed by atoms with Crippen LogP contribution < -0.4 is 10.2 Å². The molecule has 0 saturated carbocycles. The number of nitrogens with zero attached hydrogens (tertiary/aromatic N) is 3. The highest BCUT2D eigenvalue weighted by atomic mass is 32.2. The fraction of sp³-hybridized carbons (Fsp3) is 0.708. The van der Waals surface area contributed by atoms with E-state index >= 15 is 0 Å². The number of anilines is 1. The van der Waals surface area contributed by atoms with Crippen LogP contribution in [0.3, 0.4) is 0 Å². The van der Waals surface area contributed by atoms with E-state index in [1.807, 2.05) is 6.07 Å². The molecule has 2 saturated heterocycles. The Bertz CT molecular complexity index is 858. The molecule has 2 aliphatic heterocycles. The Labute approximate surface area is 194 Å². The lowest BCUT2D eigenvalue weighted by atomic mass is 10.1. The molecule has 1 aromatic carbocycles. The third kappa shape index (κ3) is 5.83. The number of piperidine rings is 2. The Hall–Kier alpha value is -1.64. The van der Waals surface area contributed by atoms with Gasteiger partial charge in [-0.05, 0) is 70.3 Å². The second-order valence-corrected chi connectivity index (χ2v) is 10.9. The van der Waals surface area contributed by atoms with E-state index in [1.165, 1.54) is 6.42 Å². The van der Waals surface area contributed by atoms with Crippen molar-refractivity contribution in [3.8, 4) is 0 Å². The van der Waals surface area contributed by atoms with E-state index in [-0.39, 0.29) is 16.8 Å². The smallest absolute Gasteiger partial charge is 0.251 e. The molecule has 0 radical (unpaired) electrons. The van der Waals surface area contributed by atoms with E-state index in [2.05, 4.69) is 35.9 Å². The second-order valence-electron chi connectivity index (χ2n) is 8.98. The van der Waals surface area contributed by atoms with Gasteiger partial charge in [-0.2, -0.15) is 4.31 Å². The van der Waals surface area contributed by atoms with Crippen LogP contribution in [0, 0.1) is 0 Å². The fourth-order valence-electron chi connectivity index (χ4n) is 4.82. The van der Waals surface area contributed by atoms with Crippen LogP contribution in [0.25, 0.3) is 0 Å². The minimum atomic E-state index is -3.65. The highest BCUT2D eigenvalue weighted by molar-refractivity contribution is 7.89. The van der Waals surface area contributed by atoms with Gasteiger partial charge in [0.05, 0.1) is 5.69 Å². The zero-order chi connectivity index (χ0) is 23.1. The molecule has 2 heterocycles. The predicted octanol–water partition coefficient (Wildman–Crippen LogP) is 3.31. The van der Waals surface area contributed by atoms with Gasteiger partial charge in [0.25, 0.3) is 5.91 Å². The standard InChI is InChI=1S/C24H40N4O3S/c1-4-26(5-2)20(3)19-25-24(29)21-12-13-22(27-14-8-6-9-15-27)23(18-21)32(30,31)28-16-10-7-11-17-28/h12-13,18,20H,4-11,14-17,19H2,1-3H3,(H,25,29). The summed E-state index contributed by atoms with van der Waals surface area (Å²) in [6, 6.07) is 5.44. The number of amides is 1. The van der Waals surface area contributed by atoms with Gasteiger partial charge in [0.1, 0.15) is 4.90 Å². The van der Waals surface area contributed by atoms with Gasteiger partial charge in [-0.3, -0.25) is 9.69 Å². The maximum atomic E-state index is 13.6. The maximum absolute atomic E-state index is 13.6. The van der Waals surface area contributed by atoms with E-state index in [0.29, 0.717) is 25.2 Å². The topological polar surface area (TPSA) is 73.0 Å². The monoisotopic (exact) mass is 464 g/mol. The van der Waals surface area contributed by atoms with E-state index in [0.717, 1.165) is 64.0 Å². The van der Waals surface area contributed by atoms with E-state index in [1.54, 1.807) is 16.4 Å². The SMILES string of the molecule is CCN(CC)C(C)CNC(=O)c1ccc(N2CCCCC2)c(S(=O)(=O)N2CCCCC2)c1. The van der Waals surface area contributed by atoms with Crippen molar-refractivity contribution in [2.24, 2.45) is 0 Å². The predicted molar refractivity (Wildman–Crippen MR) is 130 cm³/mol. The highest BCUT2D eigenvalue weighted by Gasteiger charge is 2.31. The minimum absolute atomic E-state index is 0.218. The molecule has 2 aliphatic rings. The van der Waals surface area contributed by atoms with Gasteiger partial charge in [0.2, 0.25) is 10.0 Å². The van der Waals surface area contributed by atoms with Gasteiger partial charge in [-0.1, -0.05) is 20.3 Å². The van der Waals surface area contributed by atoms with E-state index < -0.39 is 10.0 Å². The van der Waals surface area contributed by atoms with Gasteiger partial charge in [-0.15, -0.1) is 0 Å². The summed E-state index contributed by atoms with van der Waals surface area (Å²) in [5.74, 6) is -0.218. The van der Waals surface area contributed by atoms with Gasteiger partial charge in [0, 0.05) is 44.3 Å². The van der Waals surface area contributed by atoms with Crippen molar-refractivity contribution in [2.45, 2.75) is 70.2 Å². The molecule has 2 fully saturated rings. The summed E-state index contributed by atoms with van der Waals surface area (Å²) in [6.07, 6.45) is 6.15. The summed E-state index contributed by atoms with van der Waals surface area (Å²) in [4.78, 5) is 17.7. The third-order valence-electron chi connectivity index (χ3n) is 6.85. The Morgan fingerprint density at radius 3 is 2.19 bits per heavy atom. The largest absolute Gasteiger partial charge is 0.370 e. The first kappa shape index (κ1) is 25.0. The Morgan fingerprint density at radius 1 is 1.00 bits per heavy atom. The van der Waals surface area contributed by atoms with Crippen molar-refractivity contribution >= 4 is 21.6 Å². The van der Waals surface area contributed by atoms with Crippen LogP contribution >= 0.6 is 0 Å². The average Bonchev–Trinajstić information content (AvgIpc) is 2.84. The molecule has 1 N–H and O–H groups in total. The zero-order valence-corrected chi connectivity index (χ0v) is 20.8. The molecule has 0 bridgehead atoms. The Balaban J connectivity index is 1.87. The van der Waals surface area contributed by atoms with Gasteiger partial charge < -0.3 is 10.2 Å². The summed E-state index contributed by atoms with van der Waals surface area (Å²) >= 11 is 0. The number of hydrogen-bond acceptors (Lipinski definition) is 5. The molecule has 180 valence electrons. The van der Waals surface area contributed by atoms with Crippen LogP contribution in [-0.2, 0) is 10.0 Å². The summed E-state index contributed by atoms with van der Waals surface area (Å²) in [6.45, 7) is 11.5. The number of carbonyl (C=O) groups excluding carboxylic acids is 1. The summed E-state index contributed by atoms with van der Waals surface area (Å²) < 4.78 is 28.8. The molecule has 0 aliphatic carbocycles. The van der Waals surface area contributed by atoms with E-state index in [9.17, 15) is 13.2 Å². The van der Waals surface area contributed by atoms with Crippen molar-refractivity contribution in [3.05, 3.63) is 23.8 Å². The number of rotatable bonds is 9. The normalized spacial score (nSPS) is 19.2. The van der Waals surface area contributed by atoms with Crippen LogP contribution in [0.15, 0.2) is 23.1 Å². The van der Waals surface area contributed by atoms with Crippen molar-refractivity contribution < 1.29 is 13.2 Å². The lowest BCUT2D eigenvalue weighted by Crippen LogP contribution is -2.42. The fourth-order valence-corrected chi connectivity index (χ4v) is 6.58. The van der Waals surface area contributed by atoms with Crippen molar-refractivity contribution in [1.29, 1.82) is 0 Å². The second kappa shape index (κ2) is 11.5. The number of sulfonamides is 1. The Morgan fingerprint density at radius 2 is 1.59 bits per heavy atom. The highest BCUT2D eigenvalue weighted by Crippen LogP contribution is 2.32. The molecule has 1 atom stereocenters. The minimum Gasteiger partial charge on any atom is -0.370 e. The summed E-state index contributed by atoms with van der Waals surface area (Å²) in [5, 5.41) is 3.00. The summed E-state index contributed by atoms with van der Waals surface area (Å²) in [5.41, 5.74) is 1.15. The maximum Gasteiger partial charge on any atom is 0.251 e. The van der Waals surface area contributed by atoms with Gasteiger partial charge >= 0.3 is 0 Å². The molecule has 0 aromatic heterocycles. The van der Waals surface area contributed by atoms with Crippen LogP contribution in [-0.4, -0.2) is 75.4 Å². The quantitative estimate of drug-likeness (QED) is 0.607. The van der Waals surface area contributed by atoms with E-state index in [4.69, 9.17) is 0 Å². The van der Waals surface area contributed by atoms with Crippen molar-refractivity contribution in [2.75, 3.05) is 50.7 Å². The third-order valence-corrected chi connectivity index (χ3v) is 8.77. The first-order valence-electron chi connectivity index (χ1n) is 12.3. The summed E-state index contributed by atoms with van der Waals surface area (Å²) in [7, 11) is -3.65. The average molecular weight is 465 g/mol. The molecule has 3 rings (SSSR count).